The predicted molar refractivity (Wildman–Crippen MR) is 113 cm³/mol. The zero-order valence-corrected chi connectivity index (χ0v) is 18.2. The van der Waals surface area contributed by atoms with Crippen molar-refractivity contribution in [3.8, 4) is 5.75 Å². The number of aliphatic imine (C=N–C) groups is 1. The second-order valence-electron chi connectivity index (χ2n) is 6.16. The highest BCUT2D eigenvalue weighted by molar-refractivity contribution is 14.0. The SMILES string of the molecule is CCOc1ccc2c(c1)CCN(C(=NC)NCc1nnc(C)n1C)C2.I. The van der Waals surface area contributed by atoms with Gasteiger partial charge in [0.25, 0.3) is 0 Å². The molecule has 0 unspecified atom stereocenters. The van der Waals surface area contributed by atoms with Gasteiger partial charge in [-0.05, 0) is 43.5 Å². The first kappa shape index (κ1) is 20.5. The number of rotatable bonds is 4. The Labute approximate surface area is 171 Å². The number of nitrogens with zero attached hydrogens (tertiary/aromatic N) is 5. The van der Waals surface area contributed by atoms with E-state index in [-0.39, 0.29) is 24.0 Å². The van der Waals surface area contributed by atoms with Crippen molar-refractivity contribution in [2.75, 3.05) is 20.2 Å². The lowest BCUT2D eigenvalue weighted by atomic mass is 9.99. The highest BCUT2D eigenvalue weighted by Gasteiger charge is 2.20. The van der Waals surface area contributed by atoms with Crippen LogP contribution >= 0.6 is 24.0 Å². The molecule has 7 nitrogen and oxygen atoms in total. The Balaban J connectivity index is 0.00000243. The number of hydrogen-bond acceptors (Lipinski definition) is 4. The molecule has 0 saturated carbocycles. The van der Waals surface area contributed by atoms with Crippen molar-refractivity contribution in [1.29, 1.82) is 0 Å². The summed E-state index contributed by atoms with van der Waals surface area (Å²) in [6.45, 7) is 7.04. The molecule has 0 saturated heterocycles. The third kappa shape index (κ3) is 4.46. The Morgan fingerprint density at radius 1 is 1.31 bits per heavy atom. The fourth-order valence-electron chi connectivity index (χ4n) is 3.06. The van der Waals surface area contributed by atoms with Crippen LogP contribution in [0.25, 0.3) is 0 Å². The molecule has 0 radical (unpaired) electrons. The molecule has 2 heterocycles. The minimum absolute atomic E-state index is 0. The summed E-state index contributed by atoms with van der Waals surface area (Å²) < 4.78 is 7.59. The maximum Gasteiger partial charge on any atom is 0.194 e. The van der Waals surface area contributed by atoms with Gasteiger partial charge in [0.1, 0.15) is 11.6 Å². The monoisotopic (exact) mass is 470 g/mol. The molecular formula is C18H27IN6O. The molecule has 0 fully saturated rings. The van der Waals surface area contributed by atoms with Crippen LogP contribution in [0.2, 0.25) is 0 Å². The largest absolute Gasteiger partial charge is 0.494 e. The van der Waals surface area contributed by atoms with Crippen LogP contribution in [0, 0.1) is 6.92 Å². The molecule has 142 valence electrons. The number of ether oxygens (including phenoxy) is 1. The molecular weight excluding hydrogens is 443 g/mol. The highest BCUT2D eigenvalue weighted by Crippen LogP contribution is 2.24. The molecule has 1 aliphatic heterocycles. The lowest BCUT2D eigenvalue weighted by Gasteiger charge is -2.31. The molecule has 1 aromatic carbocycles. The van der Waals surface area contributed by atoms with E-state index in [2.05, 4.69) is 37.5 Å². The summed E-state index contributed by atoms with van der Waals surface area (Å²) in [4.78, 5) is 6.70. The number of benzene rings is 1. The van der Waals surface area contributed by atoms with Crippen molar-refractivity contribution in [3.05, 3.63) is 41.0 Å². The van der Waals surface area contributed by atoms with E-state index in [0.717, 1.165) is 42.9 Å². The van der Waals surface area contributed by atoms with Gasteiger partial charge in [-0.15, -0.1) is 34.2 Å². The summed E-state index contributed by atoms with van der Waals surface area (Å²) >= 11 is 0. The van der Waals surface area contributed by atoms with Crippen LogP contribution in [0.15, 0.2) is 23.2 Å². The van der Waals surface area contributed by atoms with E-state index in [4.69, 9.17) is 4.74 Å². The summed E-state index contributed by atoms with van der Waals surface area (Å²) in [5.41, 5.74) is 2.69. The van der Waals surface area contributed by atoms with E-state index in [0.29, 0.717) is 13.2 Å². The van der Waals surface area contributed by atoms with E-state index < -0.39 is 0 Å². The van der Waals surface area contributed by atoms with E-state index in [1.54, 1.807) is 0 Å². The number of fused-ring (bicyclic) bond motifs is 1. The summed E-state index contributed by atoms with van der Waals surface area (Å²) in [6.07, 6.45) is 0.986. The molecule has 1 aromatic heterocycles. The number of hydrogen-bond donors (Lipinski definition) is 1. The van der Waals surface area contributed by atoms with Gasteiger partial charge in [0.05, 0.1) is 13.2 Å². The molecule has 0 atom stereocenters. The smallest absolute Gasteiger partial charge is 0.194 e. The molecule has 2 aromatic rings. The lowest BCUT2D eigenvalue weighted by Crippen LogP contribution is -2.44. The maximum atomic E-state index is 5.60. The number of aryl methyl sites for hydroxylation is 1. The molecule has 26 heavy (non-hydrogen) atoms. The molecule has 0 spiro atoms. The van der Waals surface area contributed by atoms with E-state index in [1.165, 1.54) is 11.1 Å². The summed E-state index contributed by atoms with van der Waals surface area (Å²) in [5.74, 6) is 3.65. The minimum atomic E-state index is 0. The highest BCUT2D eigenvalue weighted by atomic mass is 127. The van der Waals surface area contributed by atoms with E-state index >= 15 is 0 Å². The fraction of sp³-hybridized carbons (Fsp3) is 0.500. The first-order valence-electron chi connectivity index (χ1n) is 8.67. The molecule has 1 N–H and O–H groups in total. The normalized spacial score (nSPS) is 13.8. The molecule has 1 aliphatic rings. The zero-order valence-electron chi connectivity index (χ0n) is 15.8. The van der Waals surface area contributed by atoms with Gasteiger partial charge in [-0.2, -0.15) is 0 Å². The second kappa shape index (κ2) is 9.20. The first-order chi connectivity index (χ1) is 12.1. The van der Waals surface area contributed by atoms with Gasteiger partial charge in [0.15, 0.2) is 11.8 Å². The van der Waals surface area contributed by atoms with Crippen LogP contribution in [0.4, 0.5) is 0 Å². The van der Waals surface area contributed by atoms with E-state index in [1.807, 2.05) is 38.6 Å². The molecule has 0 amide bonds. The average Bonchev–Trinajstić information content (AvgIpc) is 2.94. The second-order valence-corrected chi connectivity index (χ2v) is 6.16. The van der Waals surface area contributed by atoms with Crippen LogP contribution in [-0.4, -0.2) is 45.8 Å². The minimum Gasteiger partial charge on any atom is -0.494 e. The Hall–Kier alpha value is -1.84. The zero-order chi connectivity index (χ0) is 17.8. The Kier molecular flexibility index (Phi) is 7.24. The number of aromatic nitrogens is 3. The lowest BCUT2D eigenvalue weighted by molar-refractivity contribution is 0.337. The third-order valence-electron chi connectivity index (χ3n) is 4.60. The van der Waals surface area contributed by atoms with Crippen molar-refractivity contribution < 1.29 is 4.74 Å². The quantitative estimate of drug-likeness (QED) is 0.422. The van der Waals surface area contributed by atoms with Gasteiger partial charge in [-0.1, -0.05) is 6.07 Å². The number of guanidine groups is 1. The predicted octanol–water partition coefficient (Wildman–Crippen LogP) is 2.27. The van der Waals surface area contributed by atoms with Gasteiger partial charge in [0, 0.05) is 27.2 Å². The van der Waals surface area contributed by atoms with Crippen LogP contribution in [0.5, 0.6) is 5.75 Å². The summed E-state index contributed by atoms with van der Waals surface area (Å²) in [5, 5.41) is 11.7. The van der Waals surface area contributed by atoms with Crippen LogP contribution in [0.1, 0.15) is 29.7 Å². The van der Waals surface area contributed by atoms with Crippen LogP contribution < -0.4 is 10.1 Å². The van der Waals surface area contributed by atoms with Gasteiger partial charge in [0.2, 0.25) is 0 Å². The van der Waals surface area contributed by atoms with Crippen molar-refractivity contribution in [2.24, 2.45) is 12.0 Å². The third-order valence-corrected chi connectivity index (χ3v) is 4.60. The van der Waals surface area contributed by atoms with Crippen molar-refractivity contribution in [3.63, 3.8) is 0 Å². The summed E-state index contributed by atoms with van der Waals surface area (Å²) in [6, 6.07) is 6.37. The number of nitrogens with one attached hydrogen (secondary N) is 1. The van der Waals surface area contributed by atoms with E-state index in [9.17, 15) is 0 Å². The standard InChI is InChI=1S/C18H26N6O.HI/c1-5-25-16-7-6-15-12-24(9-8-14(15)10-16)18(19-3)20-11-17-22-21-13(2)23(17)4;/h6-7,10H,5,8-9,11-12H2,1-4H3,(H,19,20);1H. The van der Waals surface area contributed by atoms with Crippen molar-refractivity contribution in [1.82, 2.24) is 25.0 Å². The molecule has 3 rings (SSSR count). The van der Waals surface area contributed by atoms with Crippen LogP contribution in [0.3, 0.4) is 0 Å². The summed E-state index contributed by atoms with van der Waals surface area (Å²) in [7, 11) is 3.79. The molecule has 0 bridgehead atoms. The topological polar surface area (TPSA) is 67.6 Å². The van der Waals surface area contributed by atoms with Crippen LogP contribution in [-0.2, 0) is 26.6 Å². The first-order valence-corrected chi connectivity index (χ1v) is 8.67. The number of halogens is 1. The molecule has 0 aliphatic carbocycles. The fourth-order valence-corrected chi connectivity index (χ4v) is 3.06. The van der Waals surface area contributed by atoms with Gasteiger partial charge in [-0.25, -0.2) is 0 Å². The van der Waals surface area contributed by atoms with Gasteiger partial charge in [-0.3, -0.25) is 4.99 Å². The van der Waals surface area contributed by atoms with Crippen molar-refractivity contribution >= 4 is 29.9 Å². The Morgan fingerprint density at radius 3 is 2.77 bits per heavy atom. The van der Waals surface area contributed by atoms with Gasteiger partial charge >= 0.3 is 0 Å². The average molecular weight is 470 g/mol. The Bertz CT molecular complexity index is 773. The maximum absolute atomic E-state index is 5.60. The molecule has 8 heteroatoms. The van der Waals surface area contributed by atoms with Crippen molar-refractivity contribution in [2.45, 2.75) is 33.4 Å². The Morgan fingerprint density at radius 2 is 2.12 bits per heavy atom. The van der Waals surface area contributed by atoms with Gasteiger partial charge < -0.3 is 19.5 Å².